The highest BCUT2D eigenvalue weighted by Crippen LogP contribution is 2.06. The van der Waals surface area contributed by atoms with Crippen LogP contribution in [0.25, 0.3) is 0 Å². The maximum Gasteiger partial charge on any atom is 0.146 e. The molecule has 0 spiro atoms. The Morgan fingerprint density at radius 1 is 1.47 bits per heavy atom. The molecule has 0 amide bonds. The van der Waals surface area contributed by atoms with E-state index in [4.69, 9.17) is 5.73 Å². The van der Waals surface area contributed by atoms with E-state index in [1.807, 2.05) is 11.6 Å². The SMILES string of the molecule is CCn1ncnc1Cn1ccc(CC(C)N)c1. The minimum Gasteiger partial charge on any atom is -0.346 e. The summed E-state index contributed by atoms with van der Waals surface area (Å²) in [5.74, 6) is 0.982. The highest BCUT2D eigenvalue weighted by molar-refractivity contribution is 5.12. The third-order valence-corrected chi connectivity index (χ3v) is 2.69. The standard InChI is InChI=1S/C12H19N5/c1-3-17-12(14-9-15-17)8-16-5-4-11(7-16)6-10(2)13/h4-5,7,9-10H,3,6,8,13H2,1-2H3. The molecule has 1 atom stereocenters. The fraction of sp³-hybridized carbons (Fsp3) is 0.500. The predicted octanol–water partition coefficient (Wildman–Crippen LogP) is 1.04. The van der Waals surface area contributed by atoms with Crippen molar-refractivity contribution in [2.45, 2.75) is 39.4 Å². The first-order valence-electron chi connectivity index (χ1n) is 5.96. The van der Waals surface area contributed by atoms with Crippen LogP contribution in [0.5, 0.6) is 0 Å². The minimum absolute atomic E-state index is 0.199. The molecule has 5 nitrogen and oxygen atoms in total. The minimum atomic E-state index is 0.199. The molecule has 2 heterocycles. The molecule has 0 bridgehead atoms. The van der Waals surface area contributed by atoms with Crippen LogP contribution in [0, 0.1) is 0 Å². The van der Waals surface area contributed by atoms with Crippen LogP contribution in [0.1, 0.15) is 25.2 Å². The number of aromatic nitrogens is 4. The third kappa shape index (κ3) is 2.94. The Labute approximate surface area is 101 Å². The zero-order valence-electron chi connectivity index (χ0n) is 10.4. The van der Waals surface area contributed by atoms with Crippen molar-refractivity contribution in [2.75, 3.05) is 0 Å². The molecule has 0 aliphatic heterocycles. The molecule has 2 N–H and O–H groups in total. The van der Waals surface area contributed by atoms with Gasteiger partial charge in [0.15, 0.2) is 0 Å². The zero-order valence-corrected chi connectivity index (χ0v) is 10.4. The van der Waals surface area contributed by atoms with E-state index in [0.717, 1.165) is 25.3 Å². The summed E-state index contributed by atoms with van der Waals surface area (Å²) in [6.07, 6.45) is 6.70. The first kappa shape index (κ1) is 11.9. The smallest absolute Gasteiger partial charge is 0.146 e. The van der Waals surface area contributed by atoms with Crippen molar-refractivity contribution in [1.29, 1.82) is 0 Å². The summed E-state index contributed by atoms with van der Waals surface area (Å²) < 4.78 is 4.03. The molecule has 92 valence electrons. The molecule has 2 aromatic heterocycles. The lowest BCUT2D eigenvalue weighted by Gasteiger charge is -2.04. The van der Waals surface area contributed by atoms with Crippen LogP contribution < -0.4 is 5.73 Å². The van der Waals surface area contributed by atoms with E-state index in [1.165, 1.54) is 5.56 Å². The molecule has 0 radical (unpaired) electrons. The van der Waals surface area contributed by atoms with Gasteiger partial charge in [0.25, 0.3) is 0 Å². The van der Waals surface area contributed by atoms with Gasteiger partial charge in [-0.1, -0.05) is 0 Å². The fourth-order valence-electron chi connectivity index (χ4n) is 1.92. The van der Waals surface area contributed by atoms with E-state index >= 15 is 0 Å². The molecule has 0 aliphatic carbocycles. The lowest BCUT2D eigenvalue weighted by Crippen LogP contribution is -2.17. The Bertz CT molecular complexity index is 469. The largest absolute Gasteiger partial charge is 0.346 e. The highest BCUT2D eigenvalue weighted by atomic mass is 15.3. The van der Waals surface area contributed by atoms with Crippen LogP contribution >= 0.6 is 0 Å². The van der Waals surface area contributed by atoms with Gasteiger partial charge in [0.1, 0.15) is 12.2 Å². The van der Waals surface area contributed by atoms with Crippen molar-refractivity contribution < 1.29 is 0 Å². The van der Waals surface area contributed by atoms with E-state index in [0.29, 0.717) is 0 Å². The van der Waals surface area contributed by atoms with Gasteiger partial charge in [-0.25, -0.2) is 9.67 Å². The van der Waals surface area contributed by atoms with Crippen LogP contribution in [-0.2, 0) is 19.5 Å². The second-order valence-electron chi connectivity index (χ2n) is 4.37. The average molecular weight is 233 g/mol. The Morgan fingerprint density at radius 3 is 3.00 bits per heavy atom. The molecule has 0 aliphatic rings. The van der Waals surface area contributed by atoms with E-state index in [2.05, 4.69) is 40.0 Å². The van der Waals surface area contributed by atoms with Gasteiger partial charge in [0, 0.05) is 25.0 Å². The highest BCUT2D eigenvalue weighted by Gasteiger charge is 2.05. The monoisotopic (exact) mass is 233 g/mol. The molecule has 2 rings (SSSR count). The summed E-state index contributed by atoms with van der Waals surface area (Å²) in [6, 6.07) is 2.31. The topological polar surface area (TPSA) is 61.7 Å². The Hall–Kier alpha value is -1.62. The zero-order chi connectivity index (χ0) is 12.3. The van der Waals surface area contributed by atoms with E-state index in [1.54, 1.807) is 6.33 Å². The summed E-state index contributed by atoms with van der Waals surface area (Å²) in [5.41, 5.74) is 7.05. The molecule has 1 unspecified atom stereocenters. The van der Waals surface area contributed by atoms with Crippen LogP contribution in [0.2, 0.25) is 0 Å². The summed E-state index contributed by atoms with van der Waals surface area (Å²) in [4.78, 5) is 4.26. The second-order valence-corrected chi connectivity index (χ2v) is 4.37. The van der Waals surface area contributed by atoms with Crippen molar-refractivity contribution in [3.63, 3.8) is 0 Å². The Kier molecular flexibility index (Phi) is 3.58. The van der Waals surface area contributed by atoms with Gasteiger partial charge >= 0.3 is 0 Å². The molecular weight excluding hydrogens is 214 g/mol. The number of nitrogens with zero attached hydrogens (tertiary/aromatic N) is 4. The van der Waals surface area contributed by atoms with Gasteiger partial charge in [-0.2, -0.15) is 5.10 Å². The molecule has 2 aromatic rings. The number of hydrogen-bond acceptors (Lipinski definition) is 3. The molecule has 0 saturated heterocycles. The molecule has 5 heteroatoms. The normalized spacial score (nSPS) is 12.9. The van der Waals surface area contributed by atoms with E-state index < -0.39 is 0 Å². The predicted molar refractivity (Wildman–Crippen MR) is 66.6 cm³/mol. The van der Waals surface area contributed by atoms with E-state index in [-0.39, 0.29) is 6.04 Å². The van der Waals surface area contributed by atoms with Crippen molar-refractivity contribution >= 4 is 0 Å². The van der Waals surface area contributed by atoms with Crippen LogP contribution in [-0.4, -0.2) is 25.4 Å². The molecule has 0 aromatic carbocycles. The quantitative estimate of drug-likeness (QED) is 0.839. The summed E-state index contributed by atoms with van der Waals surface area (Å²) in [7, 11) is 0. The maximum atomic E-state index is 5.78. The van der Waals surface area contributed by atoms with Gasteiger partial charge in [-0.3, -0.25) is 0 Å². The molecule has 0 saturated carbocycles. The number of nitrogens with two attached hydrogens (primary N) is 1. The number of aryl methyl sites for hydroxylation is 1. The molecule has 0 fully saturated rings. The molecule has 17 heavy (non-hydrogen) atoms. The fourth-order valence-corrected chi connectivity index (χ4v) is 1.92. The van der Waals surface area contributed by atoms with Crippen molar-refractivity contribution in [1.82, 2.24) is 19.3 Å². The van der Waals surface area contributed by atoms with Gasteiger partial charge in [0.05, 0.1) is 6.54 Å². The third-order valence-electron chi connectivity index (χ3n) is 2.69. The van der Waals surface area contributed by atoms with Gasteiger partial charge in [-0.05, 0) is 31.9 Å². The van der Waals surface area contributed by atoms with E-state index in [9.17, 15) is 0 Å². The lowest BCUT2D eigenvalue weighted by atomic mass is 10.1. The lowest BCUT2D eigenvalue weighted by molar-refractivity contribution is 0.592. The van der Waals surface area contributed by atoms with Crippen molar-refractivity contribution in [3.05, 3.63) is 36.2 Å². The number of rotatable bonds is 5. The summed E-state index contributed by atoms with van der Waals surface area (Å²) >= 11 is 0. The van der Waals surface area contributed by atoms with Gasteiger partial charge in [-0.15, -0.1) is 0 Å². The first-order chi connectivity index (χ1) is 8.19. The maximum absolute atomic E-state index is 5.78. The summed E-state index contributed by atoms with van der Waals surface area (Å²) in [6.45, 7) is 5.69. The van der Waals surface area contributed by atoms with Crippen LogP contribution in [0.3, 0.4) is 0 Å². The molecular formula is C12H19N5. The van der Waals surface area contributed by atoms with Crippen LogP contribution in [0.4, 0.5) is 0 Å². The summed E-state index contributed by atoms with van der Waals surface area (Å²) in [5, 5.41) is 4.16. The Morgan fingerprint density at radius 2 is 2.29 bits per heavy atom. The Balaban J connectivity index is 2.06. The van der Waals surface area contributed by atoms with Gasteiger partial charge < -0.3 is 10.3 Å². The van der Waals surface area contributed by atoms with Crippen molar-refractivity contribution in [2.24, 2.45) is 5.73 Å². The first-order valence-corrected chi connectivity index (χ1v) is 5.96. The average Bonchev–Trinajstić information content (AvgIpc) is 2.87. The van der Waals surface area contributed by atoms with Crippen LogP contribution in [0.15, 0.2) is 24.8 Å². The number of hydrogen-bond donors (Lipinski definition) is 1. The second kappa shape index (κ2) is 5.14. The van der Waals surface area contributed by atoms with Crippen molar-refractivity contribution in [3.8, 4) is 0 Å². The van der Waals surface area contributed by atoms with Gasteiger partial charge in [0.2, 0.25) is 0 Å².